The van der Waals surface area contributed by atoms with Crippen molar-refractivity contribution >= 4 is 5.91 Å². The predicted octanol–water partition coefficient (Wildman–Crippen LogP) is 1.91. The Labute approximate surface area is 118 Å². The van der Waals surface area contributed by atoms with Gasteiger partial charge in [-0.05, 0) is 31.1 Å². The van der Waals surface area contributed by atoms with Crippen LogP contribution in [-0.2, 0) is 11.2 Å². The first kappa shape index (κ1) is 12.1. The number of aromatic nitrogens is 2. The molecule has 20 heavy (non-hydrogen) atoms. The summed E-state index contributed by atoms with van der Waals surface area (Å²) < 4.78 is 5.44. The van der Waals surface area contributed by atoms with E-state index in [1.54, 1.807) is 0 Å². The SMILES string of the molecule is O=C1CCCN1CCc1noc([C@@H]2C[C@H]3C=C[C@@H]2C3)n1. The first-order chi connectivity index (χ1) is 9.79. The molecule has 0 spiro atoms. The Kier molecular flexibility index (Phi) is 2.86. The van der Waals surface area contributed by atoms with Crippen LogP contribution in [0.15, 0.2) is 16.7 Å². The monoisotopic (exact) mass is 273 g/mol. The predicted molar refractivity (Wildman–Crippen MR) is 71.9 cm³/mol. The molecule has 2 heterocycles. The van der Waals surface area contributed by atoms with Crippen LogP contribution >= 0.6 is 0 Å². The van der Waals surface area contributed by atoms with E-state index in [0.29, 0.717) is 37.1 Å². The summed E-state index contributed by atoms with van der Waals surface area (Å²) in [5, 5.41) is 4.08. The lowest BCUT2D eigenvalue weighted by molar-refractivity contribution is -0.127. The summed E-state index contributed by atoms with van der Waals surface area (Å²) in [4.78, 5) is 18.0. The average Bonchev–Trinajstić information content (AvgIpc) is 3.21. The Morgan fingerprint density at radius 3 is 3.00 bits per heavy atom. The molecule has 3 atom stereocenters. The maximum atomic E-state index is 11.6. The Bertz CT molecular complexity index is 551. The van der Waals surface area contributed by atoms with Crippen LogP contribution in [0.25, 0.3) is 0 Å². The van der Waals surface area contributed by atoms with Gasteiger partial charge < -0.3 is 9.42 Å². The summed E-state index contributed by atoms with van der Waals surface area (Å²) in [6.45, 7) is 1.59. The zero-order valence-electron chi connectivity index (χ0n) is 11.5. The molecule has 0 unspecified atom stereocenters. The third kappa shape index (κ3) is 2.05. The van der Waals surface area contributed by atoms with Crippen molar-refractivity contribution in [1.82, 2.24) is 15.0 Å². The minimum absolute atomic E-state index is 0.256. The molecular weight excluding hydrogens is 254 g/mol. The topological polar surface area (TPSA) is 59.2 Å². The van der Waals surface area contributed by atoms with Gasteiger partial charge in [0.25, 0.3) is 0 Å². The number of allylic oxidation sites excluding steroid dienone is 2. The van der Waals surface area contributed by atoms with E-state index in [1.165, 1.54) is 6.42 Å². The second-order valence-electron chi connectivity index (χ2n) is 6.17. The van der Waals surface area contributed by atoms with Gasteiger partial charge in [0.2, 0.25) is 11.8 Å². The number of carbonyl (C=O) groups excluding carboxylic acids is 1. The second-order valence-corrected chi connectivity index (χ2v) is 6.17. The van der Waals surface area contributed by atoms with Crippen molar-refractivity contribution in [2.24, 2.45) is 11.8 Å². The molecule has 4 rings (SSSR count). The van der Waals surface area contributed by atoms with Crippen LogP contribution in [0.3, 0.4) is 0 Å². The van der Waals surface area contributed by atoms with E-state index in [0.717, 1.165) is 31.1 Å². The zero-order valence-corrected chi connectivity index (χ0v) is 11.5. The summed E-state index contributed by atoms with van der Waals surface area (Å²) >= 11 is 0. The van der Waals surface area contributed by atoms with Crippen molar-refractivity contribution < 1.29 is 9.32 Å². The Balaban J connectivity index is 1.38. The zero-order chi connectivity index (χ0) is 13.5. The number of hydrogen-bond acceptors (Lipinski definition) is 4. The van der Waals surface area contributed by atoms with E-state index < -0.39 is 0 Å². The molecule has 2 fully saturated rings. The standard InChI is InChI=1S/C15H19N3O2/c19-14-2-1-6-18(14)7-5-13-16-15(20-17-13)12-9-10-3-4-11(12)8-10/h3-4,10-12H,1-2,5-9H2/t10-,11+,12+/m0/s1. The molecule has 0 N–H and O–H groups in total. The van der Waals surface area contributed by atoms with Crippen LogP contribution < -0.4 is 0 Å². The molecule has 2 aliphatic carbocycles. The number of nitrogens with zero attached hydrogens (tertiary/aromatic N) is 3. The van der Waals surface area contributed by atoms with Crippen molar-refractivity contribution in [3.8, 4) is 0 Å². The summed E-state index contributed by atoms with van der Waals surface area (Å²) in [6, 6.07) is 0. The summed E-state index contributed by atoms with van der Waals surface area (Å²) in [6.07, 6.45) is 9.37. The van der Waals surface area contributed by atoms with Crippen molar-refractivity contribution in [3.63, 3.8) is 0 Å². The molecule has 1 aromatic heterocycles. The number of hydrogen-bond donors (Lipinski definition) is 0. The van der Waals surface area contributed by atoms with Crippen molar-refractivity contribution in [2.45, 2.75) is 38.0 Å². The van der Waals surface area contributed by atoms with Crippen molar-refractivity contribution in [3.05, 3.63) is 23.9 Å². The normalized spacial score (nSPS) is 31.7. The molecule has 5 heteroatoms. The van der Waals surface area contributed by atoms with Gasteiger partial charge in [0.05, 0.1) is 0 Å². The number of likely N-dealkylation sites (tertiary alicyclic amines) is 1. The summed E-state index contributed by atoms with van der Waals surface area (Å²) in [7, 11) is 0. The van der Waals surface area contributed by atoms with Crippen molar-refractivity contribution in [1.29, 1.82) is 0 Å². The smallest absolute Gasteiger partial charge is 0.230 e. The van der Waals surface area contributed by atoms with Crippen LogP contribution in [0.1, 0.15) is 43.3 Å². The number of rotatable bonds is 4. The molecule has 3 aliphatic rings. The largest absolute Gasteiger partial charge is 0.342 e. The van der Waals surface area contributed by atoms with Gasteiger partial charge in [0.1, 0.15) is 0 Å². The molecular formula is C15H19N3O2. The summed E-state index contributed by atoms with van der Waals surface area (Å²) in [5.74, 6) is 3.51. The molecule has 1 aromatic rings. The van der Waals surface area contributed by atoms with Gasteiger partial charge in [0.15, 0.2) is 5.82 Å². The Morgan fingerprint density at radius 2 is 2.30 bits per heavy atom. The fraction of sp³-hybridized carbons (Fsp3) is 0.667. The number of carbonyl (C=O) groups is 1. The lowest BCUT2D eigenvalue weighted by Gasteiger charge is -2.13. The number of amides is 1. The molecule has 106 valence electrons. The maximum absolute atomic E-state index is 11.6. The van der Waals surface area contributed by atoms with Crippen LogP contribution in [0.5, 0.6) is 0 Å². The fourth-order valence-electron chi connectivity index (χ4n) is 3.76. The molecule has 1 amide bonds. The minimum Gasteiger partial charge on any atom is -0.342 e. The minimum atomic E-state index is 0.256. The highest BCUT2D eigenvalue weighted by atomic mass is 16.5. The highest BCUT2D eigenvalue weighted by Crippen LogP contribution is 2.48. The molecule has 1 saturated carbocycles. The molecule has 0 aromatic carbocycles. The highest BCUT2D eigenvalue weighted by Gasteiger charge is 2.39. The summed E-state index contributed by atoms with van der Waals surface area (Å²) in [5.41, 5.74) is 0. The van der Waals surface area contributed by atoms with Gasteiger partial charge in [-0.2, -0.15) is 4.98 Å². The third-order valence-corrected chi connectivity index (χ3v) is 4.86. The fourth-order valence-corrected chi connectivity index (χ4v) is 3.76. The first-order valence-corrected chi connectivity index (χ1v) is 7.58. The molecule has 5 nitrogen and oxygen atoms in total. The van der Waals surface area contributed by atoms with E-state index in [2.05, 4.69) is 22.3 Å². The van der Waals surface area contributed by atoms with E-state index in [-0.39, 0.29) is 5.91 Å². The lowest BCUT2D eigenvalue weighted by atomic mass is 9.94. The van der Waals surface area contributed by atoms with Gasteiger partial charge in [-0.25, -0.2) is 0 Å². The maximum Gasteiger partial charge on any atom is 0.230 e. The highest BCUT2D eigenvalue weighted by molar-refractivity contribution is 5.78. The van der Waals surface area contributed by atoms with Gasteiger partial charge in [-0.1, -0.05) is 17.3 Å². The van der Waals surface area contributed by atoms with E-state index in [4.69, 9.17) is 4.52 Å². The molecule has 2 bridgehead atoms. The lowest BCUT2D eigenvalue weighted by Crippen LogP contribution is -2.27. The molecule has 1 saturated heterocycles. The first-order valence-electron chi connectivity index (χ1n) is 7.58. The van der Waals surface area contributed by atoms with Crippen LogP contribution in [-0.4, -0.2) is 34.0 Å². The Hall–Kier alpha value is -1.65. The van der Waals surface area contributed by atoms with Gasteiger partial charge >= 0.3 is 0 Å². The van der Waals surface area contributed by atoms with Crippen LogP contribution in [0.4, 0.5) is 0 Å². The third-order valence-electron chi connectivity index (χ3n) is 4.86. The average molecular weight is 273 g/mol. The van der Waals surface area contributed by atoms with E-state index >= 15 is 0 Å². The van der Waals surface area contributed by atoms with E-state index in [9.17, 15) is 4.79 Å². The Morgan fingerprint density at radius 1 is 1.35 bits per heavy atom. The van der Waals surface area contributed by atoms with Crippen molar-refractivity contribution in [2.75, 3.05) is 13.1 Å². The van der Waals surface area contributed by atoms with Crippen LogP contribution in [0.2, 0.25) is 0 Å². The molecule has 1 aliphatic heterocycles. The van der Waals surface area contributed by atoms with Gasteiger partial charge in [-0.15, -0.1) is 0 Å². The molecule has 0 radical (unpaired) electrons. The van der Waals surface area contributed by atoms with Crippen LogP contribution in [0, 0.1) is 11.8 Å². The quantitative estimate of drug-likeness (QED) is 0.786. The number of fused-ring (bicyclic) bond motifs is 2. The van der Waals surface area contributed by atoms with Gasteiger partial charge in [0, 0.05) is 31.8 Å². The van der Waals surface area contributed by atoms with E-state index in [1.807, 2.05) is 4.90 Å². The van der Waals surface area contributed by atoms with Gasteiger partial charge in [-0.3, -0.25) is 4.79 Å². The second kappa shape index (κ2) is 4.72.